The molecule has 0 saturated heterocycles. The smallest absolute Gasteiger partial charge is 0.428 e. The molecular formula is C13H18F4NO4P. The second kappa shape index (κ2) is 8.10. The molecule has 132 valence electrons. The summed E-state index contributed by atoms with van der Waals surface area (Å²) in [4.78, 5) is 0. The van der Waals surface area contributed by atoms with Gasteiger partial charge in [-0.25, -0.2) is 0 Å². The summed E-state index contributed by atoms with van der Waals surface area (Å²) in [6, 6.07) is 4.95. The summed E-state index contributed by atoms with van der Waals surface area (Å²) in [6.45, 7) is 3.10. The molecule has 0 bridgehead atoms. The molecule has 0 heterocycles. The van der Waals surface area contributed by atoms with Crippen molar-refractivity contribution in [3.8, 4) is 5.75 Å². The van der Waals surface area contributed by atoms with E-state index in [1.807, 2.05) is 0 Å². The van der Waals surface area contributed by atoms with E-state index in [4.69, 9.17) is 14.8 Å². The highest BCUT2D eigenvalue weighted by atomic mass is 31.2. The average Bonchev–Trinajstić information content (AvgIpc) is 2.47. The van der Waals surface area contributed by atoms with E-state index in [1.54, 1.807) is 13.8 Å². The van der Waals surface area contributed by atoms with Gasteiger partial charge >= 0.3 is 20.1 Å². The van der Waals surface area contributed by atoms with Crippen LogP contribution in [0.5, 0.6) is 5.75 Å². The highest BCUT2D eigenvalue weighted by molar-refractivity contribution is 7.54. The first-order valence-electron chi connectivity index (χ1n) is 6.76. The molecule has 23 heavy (non-hydrogen) atoms. The Kier molecular flexibility index (Phi) is 7.01. The second-order valence-electron chi connectivity index (χ2n) is 4.32. The zero-order valence-electron chi connectivity index (χ0n) is 12.5. The largest absolute Gasteiger partial charge is 0.461 e. The Labute approximate surface area is 131 Å². The number of hydrogen-bond acceptors (Lipinski definition) is 5. The Bertz CT molecular complexity index is 549. The molecule has 10 heteroatoms. The Morgan fingerprint density at radius 3 is 2.17 bits per heavy atom. The number of nitrogens with two attached hydrogens (primary N) is 1. The highest BCUT2D eigenvalue weighted by Gasteiger charge is 2.45. The molecule has 0 radical (unpaired) electrons. The monoisotopic (exact) mass is 359 g/mol. The first-order valence-corrected chi connectivity index (χ1v) is 8.37. The third-order valence-electron chi connectivity index (χ3n) is 2.70. The fourth-order valence-electron chi connectivity index (χ4n) is 1.74. The lowest BCUT2D eigenvalue weighted by molar-refractivity contribution is -0.253. The number of hydrogen-bond donors (Lipinski definition) is 1. The lowest BCUT2D eigenvalue weighted by atomic mass is 10.2. The van der Waals surface area contributed by atoms with Crippen LogP contribution in [0.15, 0.2) is 24.3 Å². The van der Waals surface area contributed by atoms with Crippen molar-refractivity contribution < 1.29 is 35.9 Å². The van der Waals surface area contributed by atoms with Crippen molar-refractivity contribution in [2.45, 2.75) is 32.2 Å². The van der Waals surface area contributed by atoms with Crippen molar-refractivity contribution >= 4 is 7.60 Å². The maximum atomic E-state index is 13.1. The molecule has 0 unspecified atom stereocenters. The molecule has 0 saturated carbocycles. The number of rotatable bonds is 9. The van der Waals surface area contributed by atoms with Crippen LogP contribution in [0.3, 0.4) is 0 Å². The molecule has 0 fully saturated rings. The standard InChI is InChI=1S/C13H18F4NO4P/c1-3-20-23(19,21-4-2)11(18)9-7-5-6-8-10(9)22-13(16,17)12(14)15/h5-8,11-12H,3-4,18H2,1-2H3/t11-/m0/s1. The summed E-state index contributed by atoms with van der Waals surface area (Å²) in [5.41, 5.74) is 5.63. The highest BCUT2D eigenvalue weighted by Crippen LogP contribution is 2.59. The second-order valence-corrected chi connectivity index (χ2v) is 6.48. The van der Waals surface area contributed by atoms with Gasteiger partial charge in [-0.3, -0.25) is 4.57 Å². The van der Waals surface area contributed by atoms with Gasteiger partial charge in [0.1, 0.15) is 11.5 Å². The SMILES string of the molecule is CCOP(=O)(OCC)[C@H](N)c1ccccc1OC(F)(F)C(F)F. The summed E-state index contributed by atoms with van der Waals surface area (Å²) < 4.78 is 77.6. The molecule has 0 aliphatic heterocycles. The van der Waals surface area contributed by atoms with E-state index in [2.05, 4.69) is 4.74 Å². The van der Waals surface area contributed by atoms with E-state index in [9.17, 15) is 22.1 Å². The fraction of sp³-hybridized carbons (Fsp3) is 0.538. The minimum Gasteiger partial charge on any atom is -0.428 e. The van der Waals surface area contributed by atoms with Crippen LogP contribution in [0.25, 0.3) is 0 Å². The van der Waals surface area contributed by atoms with Gasteiger partial charge in [0, 0.05) is 5.56 Å². The van der Waals surface area contributed by atoms with E-state index >= 15 is 0 Å². The molecular weight excluding hydrogens is 341 g/mol. The molecule has 1 atom stereocenters. The topological polar surface area (TPSA) is 70.8 Å². The molecule has 5 nitrogen and oxygen atoms in total. The lowest BCUT2D eigenvalue weighted by Crippen LogP contribution is -2.34. The van der Waals surface area contributed by atoms with E-state index in [-0.39, 0.29) is 18.8 Å². The summed E-state index contributed by atoms with van der Waals surface area (Å²) in [7, 11) is -3.88. The molecule has 0 aliphatic carbocycles. The number of alkyl halides is 4. The van der Waals surface area contributed by atoms with E-state index in [1.165, 1.54) is 18.2 Å². The number of para-hydroxylation sites is 1. The Balaban J connectivity index is 3.20. The molecule has 0 spiro atoms. The van der Waals surface area contributed by atoms with Gasteiger partial charge in [-0.15, -0.1) is 0 Å². The summed E-state index contributed by atoms with van der Waals surface area (Å²) in [5.74, 6) is -2.09. The Morgan fingerprint density at radius 1 is 1.17 bits per heavy atom. The van der Waals surface area contributed by atoms with Gasteiger partial charge < -0.3 is 19.5 Å². The zero-order chi connectivity index (χ0) is 17.7. The van der Waals surface area contributed by atoms with Gasteiger partial charge in [0.15, 0.2) is 0 Å². The number of halogens is 4. The van der Waals surface area contributed by atoms with Crippen LogP contribution in [0.1, 0.15) is 25.2 Å². The van der Waals surface area contributed by atoms with Crippen LogP contribution in [0.2, 0.25) is 0 Å². The first kappa shape index (κ1) is 19.9. The molecule has 1 aromatic rings. The van der Waals surface area contributed by atoms with E-state index in [0.29, 0.717) is 0 Å². The van der Waals surface area contributed by atoms with Crippen LogP contribution in [0, 0.1) is 0 Å². The molecule has 0 aromatic heterocycles. The van der Waals surface area contributed by atoms with Gasteiger partial charge in [-0.1, -0.05) is 18.2 Å². The Morgan fingerprint density at radius 2 is 1.70 bits per heavy atom. The van der Waals surface area contributed by atoms with Crippen molar-refractivity contribution in [2.24, 2.45) is 5.73 Å². The predicted octanol–water partition coefficient (Wildman–Crippen LogP) is 4.15. The van der Waals surface area contributed by atoms with Gasteiger partial charge in [-0.2, -0.15) is 17.6 Å². The summed E-state index contributed by atoms with van der Waals surface area (Å²) >= 11 is 0. The van der Waals surface area contributed by atoms with Gasteiger partial charge in [0.2, 0.25) is 0 Å². The van der Waals surface area contributed by atoms with Gasteiger partial charge in [0.25, 0.3) is 0 Å². The average molecular weight is 359 g/mol. The number of benzene rings is 1. The third-order valence-corrected chi connectivity index (χ3v) is 4.89. The van der Waals surface area contributed by atoms with Gasteiger partial charge in [-0.05, 0) is 19.9 Å². The molecule has 1 aromatic carbocycles. The molecule has 0 aliphatic rings. The first-order chi connectivity index (χ1) is 10.7. The van der Waals surface area contributed by atoms with E-state index in [0.717, 1.165) is 6.07 Å². The fourth-order valence-corrected chi connectivity index (χ4v) is 3.41. The van der Waals surface area contributed by atoms with Crippen LogP contribution in [-0.4, -0.2) is 25.7 Å². The van der Waals surface area contributed by atoms with Crippen LogP contribution in [-0.2, 0) is 13.6 Å². The van der Waals surface area contributed by atoms with Gasteiger partial charge in [0.05, 0.1) is 13.2 Å². The van der Waals surface area contributed by atoms with Crippen LogP contribution < -0.4 is 10.5 Å². The van der Waals surface area contributed by atoms with Crippen molar-refractivity contribution in [1.29, 1.82) is 0 Å². The molecule has 0 amide bonds. The van der Waals surface area contributed by atoms with E-state index < -0.39 is 31.7 Å². The van der Waals surface area contributed by atoms with Crippen molar-refractivity contribution in [3.05, 3.63) is 29.8 Å². The van der Waals surface area contributed by atoms with Crippen molar-refractivity contribution in [2.75, 3.05) is 13.2 Å². The lowest BCUT2D eigenvalue weighted by Gasteiger charge is -2.26. The summed E-state index contributed by atoms with van der Waals surface area (Å²) in [6.07, 6.45) is -8.74. The molecule has 1 rings (SSSR count). The zero-order valence-corrected chi connectivity index (χ0v) is 13.4. The number of ether oxygens (including phenoxy) is 1. The van der Waals surface area contributed by atoms with Crippen molar-refractivity contribution in [3.63, 3.8) is 0 Å². The predicted molar refractivity (Wildman–Crippen MR) is 75.8 cm³/mol. The third kappa shape index (κ3) is 4.91. The Hall–Kier alpha value is -1.15. The minimum absolute atomic E-state index is 0.00119. The van der Waals surface area contributed by atoms with Crippen LogP contribution in [0.4, 0.5) is 17.6 Å². The maximum absolute atomic E-state index is 13.1. The quantitative estimate of drug-likeness (QED) is 0.530. The summed E-state index contributed by atoms with van der Waals surface area (Å²) in [5, 5.41) is 0. The van der Waals surface area contributed by atoms with Crippen LogP contribution >= 0.6 is 7.60 Å². The molecule has 2 N–H and O–H groups in total. The van der Waals surface area contributed by atoms with Crippen molar-refractivity contribution in [1.82, 2.24) is 0 Å². The maximum Gasteiger partial charge on any atom is 0.461 e. The minimum atomic E-state index is -4.71. The normalized spacial score (nSPS) is 14.1.